The number of ether oxygens (including phenoxy) is 2. The Morgan fingerprint density at radius 3 is 2.43 bits per heavy atom. The number of amides is 3. The average molecular weight is 295 g/mol. The van der Waals surface area contributed by atoms with Gasteiger partial charge in [0.15, 0.2) is 11.5 Å². The molecule has 0 fully saturated rings. The van der Waals surface area contributed by atoms with Crippen LogP contribution in [-0.4, -0.2) is 44.1 Å². The number of nitrogens with two attached hydrogens (primary N) is 1. The van der Waals surface area contributed by atoms with E-state index in [1.54, 1.807) is 39.2 Å². The number of urea groups is 1. The van der Waals surface area contributed by atoms with Crippen LogP contribution in [0, 0.1) is 0 Å². The van der Waals surface area contributed by atoms with E-state index < -0.39 is 18.0 Å². The quantitative estimate of drug-likeness (QED) is 0.806. The van der Waals surface area contributed by atoms with E-state index in [0.29, 0.717) is 18.0 Å². The number of primary amides is 1. The van der Waals surface area contributed by atoms with Crippen molar-refractivity contribution in [2.75, 3.05) is 21.3 Å². The molecule has 1 aromatic rings. The van der Waals surface area contributed by atoms with E-state index in [2.05, 4.69) is 5.32 Å². The second kappa shape index (κ2) is 7.49. The highest BCUT2D eigenvalue weighted by atomic mass is 16.5. The van der Waals surface area contributed by atoms with Gasteiger partial charge in [-0.05, 0) is 31.7 Å². The second-order valence-corrected chi connectivity index (χ2v) is 4.63. The van der Waals surface area contributed by atoms with E-state index in [9.17, 15) is 9.59 Å². The van der Waals surface area contributed by atoms with E-state index in [1.165, 1.54) is 0 Å². The zero-order valence-electron chi connectivity index (χ0n) is 12.7. The summed E-state index contributed by atoms with van der Waals surface area (Å²) in [4.78, 5) is 24.2. The monoisotopic (exact) mass is 295 g/mol. The van der Waals surface area contributed by atoms with Crippen LogP contribution >= 0.6 is 0 Å². The van der Waals surface area contributed by atoms with Crippen LogP contribution in [0.25, 0.3) is 0 Å². The maximum Gasteiger partial charge on any atom is 0.318 e. The molecule has 116 valence electrons. The van der Waals surface area contributed by atoms with Crippen LogP contribution < -0.4 is 20.5 Å². The van der Waals surface area contributed by atoms with Gasteiger partial charge in [0.25, 0.3) is 0 Å². The van der Waals surface area contributed by atoms with Gasteiger partial charge in [-0.3, -0.25) is 15.0 Å². The topological polar surface area (TPSA) is 93.9 Å². The van der Waals surface area contributed by atoms with Crippen molar-refractivity contribution in [3.05, 3.63) is 23.8 Å². The van der Waals surface area contributed by atoms with E-state index in [0.717, 1.165) is 5.56 Å². The number of nitrogens with one attached hydrogen (secondary N) is 1. The summed E-state index contributed by atoms with van der Waals surface area (Å²) in [6.45, 7) is 2.20. The van der Waals surface area contributed by atoms with Crippen molar-refractivity contribution in [1.82, 2.24) is 10.2 Å². The van der Waals surface area contributed by atoms with Crippen molar-refractivity contribution in [1.29, 1.82) is 0 Å². The van der Waals surface area contributed by atoms with Gasteiger partial charge < -0.3 is 15.2 Å². The first-order chi connectivity index (χ1) is 9.88. The van der Waals surface area contributed by atoms with Crippen molar-refractivity contribution in [2.24, 2.45) is 5.73 Å². The Morgan fingerprint density at radius 2 is 1.90 bits per heavy atom. The minimum absolute atomic E-state index is 0.439. The number of hydrogen-bond donors (Lipinski definition) is 2. The van der Waals surface area contributed by atoms with Gasteiger partial charge in [-0.1, -0.05) is 6.07 Å². The predicted molar refractivity (Wildman–Crippen MR) is 78.2 cm³/mol. The molecule has 0 aliphatic heterocycles. The van der Waals surface area contributed by atoms with Gasteiger partial charge >= 0.3 is 6.03 Å². The van der Waals surface area contributed by atoms with Gasteiger partial charge in [0.2, 0.25) is 5.91 Å². The van der Waals surface area contributed by atoms with Gasteiger partial charge in [-0.2, -0.15) is 0 Å². The Morgan fingerprint density at radius 1 is 1.29 bits per heavy atom. The molecule has 1 atom stereocenters. The summed E-state index contributed by atoms with van der Waals surface area (Å²) in [5, 5.41) is 2.06. The zero-order valence-corrected chi connectivity index (χ0v) is 12.7. The largest absolute Gasteiger partial charge is 0.493 e. The first-order valence-electron chi connectivity index (χ1n) is 6.40. The van der Waals surface area contributed by atoms with Crippen LogP contribution in [0.3, 0.4) is 0 Å². The highest BCUT2D eigenvalue weighted by molar-refractivity contribution is 5.96. The first-order valence-corrected chi connectivity index (χ1v) is 6.40. The summed E-state index contributed by atoms with van der Waals surface area (Å²) in [5.41, 5.74) is 5.89. The molecule has 7 nitrogen and oxygen atoms in total. The number of rotatable bonds is 6. The molecule has 0 saturated carbocycles. The zero-order chi connectivity index (χ0) is 16.0. The number of hydrogen-bond acceptors (Lipinski definition) is 5. The third-order valence-electron chi connectivity index (χ3n) is 3.17. The van der Waals surface area contributed by atoms with Crippen molar-refractivity contribution in [3.8, 4) is 11.5 Å². The molecule has 1 rings (SSSR count). The van der Waals surface area contributed by atoms with E-state index in [1.807, 2.05) is 12.1 Å². The lowest BCUT2D eigenvalue weighted by Gasteiger charge is -2.23. The van der Waals surface area contributed by atoms with E-state index in [4.69, 9.17) is 15.2 Å². The summed E-state index contributed by atoms with van der Waals surface area (Å²) < 4.78 is 10.4. The molecule has 0 bridgehead atoms. The Bertz CT molecular complexity index is 519. The maximum atomic E-state index is 11.7. The van der Waals surface area contributed by atoms with E-state index >= 15 is 0 Å². The molecule has 21 heavy (non-hydrogen) atoms. The normalized spacial score (nSPS) is 11.9. The van der Waals surface area contributed by atoms with Crippen LogP contribution in [0.1, 0.15) is 12.5 Å². The molecular weight excluding hydrogens is 274 g/mol. The van der Waals surface area contributed by atoms with Crippen LogP contribution in [0.4, 0.5) is 4.79 Å². The number of methoxy groups -OCH3 is 2. The minimum atomic E-state index is -0.855. The van der Waals surface area contributed by atoms with Crippen LogP contribution in [-0.2, 0) is 11.3 Å². The Balaban J connectivity index is 2.76. The lowest BCUT2D eigenvalue weighted by atomic mass is 10.1. The first kappa shape index (κ1) is 16.8. The van der Waals surface area contributed by atoms with Gasteiger partial charge in [0.1, 0.15) is 0 Å². The van der Waals surface area contributed by atoms with Crippen molar-refractivity contribution >= 4 is 11.9 Å². The summed E-state index contributed by atoms with van der Waals surface area (Å²) >= 11 is 0. The second-order valence-electron chi connectivity index (χ2n) is 4.63. The average Bonchev–Trinajstić information content (AvgIpc) is 2.45. The summed E-state index contributed by atoms with van der Waals surface area (Å²) in [6.07, 6.45) is 0. The molecule has 0 heterocycles. The fraction of sp³-hybridized carbons (Fsp3) is 0.429. The van der Waals surface area contributed by atoms with Gasteiger partial charge in [-0.25, -0.2) is 4.79 Å². The Kier molecular flexibility index (Phi) is 5.98. The third kappa shape index (κ3) is 4.64. The molecule has 0 aliphatic rings. The van der Waals surface area contributed by atoms with Crippen LogP contribution in [0.2, 0.25) is 0 Å². The number of likely N-dealkylation sites (N-methyl/N-ethyl adjacent to an activating group) is 1. The fourth-order valence-corrected chi connectivity index (χ4v) is 1.83. The molecule has 0 radical (unpaired) electrons. The maximum absolute atomic E-state index is 11.7. The summed E-state index contributed by atoms with van der Waals surface area (Å²) in [5.74, 6) is 0.826. The Hall–Kier alpha value is -2.28. The highest BCUT2D eigenvalue weighted by Gasteiger charge is 2.19. The lowest BCUT2D eigenvalue weighted by molar-refractivity contribution is -0.124. The standard InChI is InChI=1S/C14H21N3O4/c1-9(13(18)16-14(15)19)17(2)8-10-5-6-11(20-3)12(7-10)21-4/h5-7,9H,8H2,1-4H3,(H3,15,16,18,19)/t9-/m0/s1. The Labute approximate surface area is 124 Å². The molecule has 0 unspecified atom stereocenters. The molecule has 0 aliphatic carbocycles. The SMILES string of the molecule is COc1ccc(CN(C)[C@@H](C)C(=O)NC(N)=O)cc1OC. The number of imide groups is 1. The minimum Gasteiger partial charge on any atom is -0.493 e. The van der Waals surface area contributed by atoms with Crippen molar-refractivity contribution in [2.45, 2.75) is 19.5 Å². The summed E-state index contributed by atoms with van der Waals surface area (Å²) in [7, 11) is 4.91. The lowest BCUT2D eigenvalue weighted by Crippen LogP contribution is -2.46. The van der Waals surface area contributed by atoms with E-state index in [-0.39, 0.29) is 0 Å². The fourth-order valence-electron chi connectivity index (χ4n) is 1.83. The van der Waals surface area contributed by atoms with Crippen molar-refractivity contribution in [3.63, 3.8) is 0 Å². The van der Waals surface area contributed by atoms with Gasteiger partial charge in [0.05, 0.1) is 20.3 Å². The summed E-state index contributed by atoms with van der Waals surface area (Å²) in [6, 6.07) is 4.18. The van der Waals surface area contributed by atoms with Crippen molar-refractivity contribution < 1.29 is 19.1 Å². The molecular formula is C14H21N3O4. The highest BCUT2D eigenvalue weighted by Crippen LogP contribution is 2.28. The van der Waals surface area contributed by atoms with Crippen LogP contribution in [0.15, 0.2) is 18.2 Å². The van der Waals surface area contributed by atoms with Crippen LogP contribution in [0.5, 0.6) is 11.5 Å². The number of carbonyl (C=O) groups excluding carboxylic acids is 2. The smallest absolute Gasteiger partial charge is 0.318 e. The molecule has 7 heteroatoms. The third-order valence-corrected chi connectivity index (χ3v) is 3.17. The predicted octanol–water partition coefficient (Wildman–Crippen LogP) is 0.719. The molecule has 1 aromatic carbocycles. The molecule has 3 N–H and O–H groups in total. The molecule has 0 aromatic heterocycles. The van der Waals surface area contributed by atoms with Gasteiger partial charge in [-0.15, -0.1) is 0 Å². The molecule has 3 amide bonds. The number of carbonyl (C=O) groups is 2. The molecule has 0 saturated heterocycles. The van der Waals surface area contributed by atoms with Gasteiger partial charge in [0, 0.05) is 6.54 Å². The molecule has 0 spiro atoms. The number of benzene rings is 1. The number of nitrogens with zero attached hydrogens (tertiary/aromatic N) is 1.